The highest BCUT2D eigenvalue weighted by Crippen LogP contribution is 2.19. The molecule has 0 aliphatic heterocycles. The Morgan fingerprint density at radius 3 is 2.28 bits per heavy atom. The Morgan fingerprint density at radius 2 is 1.61 bits per heavy atom. The summed E-state index contributed by atoms with van der Waals surface area (Å²) in [5.74, 6) is -5.11. The Morgan fingerprint density at radius 1 is 0.917 bits per heavy atom. The van der Waals surface area contributed by atoms with Gasteiger partial charge in [0.1, 0.15) is 18.6 Å². The number of carbonyl (C=O) groups excluding carboxylic acids is 3. The van der Waals surface area contributed by atoms with Gasteiger partial charge in [0.2, 0.25) is 17.7 Å². The van der Waals surface area contributed by atoms with Crippen molar-refractivity contribution in [3.05, 3.63) is 36.0 Å². The molecule has 1 aromatic heterocycles. The van der Waals surface area contributed by atoms with E-state index in [1.807, 2.05) is 24.3 Å². The summed E-state index contributed by atoms with van der Waals surface area (Å²) in [7, 11) is 0. The van der Waals surface area contributed by atoms with Gasteiger partial charge < -0.3 is 42.6 Å². The van der Waals surface area contributed by atoms with Crippen LogP contribution in [0.25, 0.3) is 10.9 Å². The van der Waals surface area contributed by atoms with Crippen LogP contribution in [0.2, 0.25) is 0 Å². The van der Waals surface area contributed by atoms with Gasteiger partial charge in [0.25, 0.3) is 0 Å². The summed E-state index contributed by atoms with van der Waals surface area (Å²) in [5, 5.41) is 25.7. The molecule has 0 radical (unpaired) electrons. The molecule has 0 bridgehead atoms. The molecular formula is C23H32N6O7. The lowest BCUT2D eigenvalue weighted by Gasteiger charge is -2.23. The molecule has 10 N–H and O–H groups in total. The fraction of sp³-hybridized carbons (Fsp3) is 0.435. The average molecular weight is 505 g/mol. The van der Waals surface area contributed by atoms with Crippen molar-refractivity contribution in [3.63, 3.8) is 0 Å². The van der Waals surface area contributed by atoms with Gasteiger partial charge in [-0.2, -0.15) is 0 Å². The van der Waals surface area contributed by atoms with Crippen molar-refractivity contribution < 1.29 is 34.2 Å². The lowest BCUT2D eigenvalue weighted by molar-refractivity contribution is -0.141. The molecule has 1 heterocycles. The number of amides is 3. The van der Waals surface area contributed by atoms with Crippen molar-refractivity contribution in [1.82, 2.24) is 20.9 Å². The maximum Gasteiger partial charge on any atom is 0.322 e. The normalized spacial score (nSPS) is 13.4. The van der Waals surface area contributed by atoms with Gasteiger partial charge in [0.15, 0.2) is 0 Å². The maximum absolute atomic E-state index is 13.2. The lowest BCUT2D eigenvalue weighted by atomic mass is 10.0. The van der Waals surface area contributed by atoms with Crippen LogP contribution in [0.5, 0.6) is 0 Å². The molecule has 13 heteroatoms. The predicted octanol–water partition coefficient (Wildman–Crippen LogP) is -1.19. The highest BCUT2D eigenvalue weighted by molar-refractivity contribution is 5.95. The zero-order valence-electron chi connectivity index (χ0n) is 19.7. The van der Waals surface area contributed by atoms with Gasteiger partial charge in [-0.25, -0.2) is 0 Å². The number of para-hydroxylation sites is 1. The Bertz CT molecular complexity index is 1090. The number of aliphatic carboxylic acids is 2. The van der Waals surface area contributed by atoms with E-state index in [2.05, 4.69) is 20.9 Å². The van der Waals surface area contributed by atoms with E-state index in [0.29, 0.717) is 31.4 Å². The zero-order chi connectivity index (χ0) is 26.7. The Balaban J connectivity index is 2.24. The second-order valence-corrected chi connectivity index (χ2v) is 8.29. The molecule has 2 rings (SSSR count). The number of rotatable bonds is 15. The van der Waals surface area contributed by atoms with Crippen LogP contribution in [0, 0.1) is 0 Å². The fourth-order valence-corrected chi connectivity index (χ4v) is 3.59. The Kier molecular flexibility index (Phi) is 10.8. The summed E-state index contributed by atoms with van der Waals surface area (Å²) in [5.41, 5.74) is 13.0. The number of nitrogens with two attached hydrogens (primary N) is 2. The third-order valence-electron chi connectivity index (χ3n) is 5.46. The number of fused-ring (bicyclic) bond motifs is 1. The van der Waals surface area contributed by atoms with Crippen molar-refractivity contribution in [2.45, 2.75) is 50.2 Å². The van der Waals surface area contributed by atoms with Crippen LogP contribution >= 0.6 is 0 Å². The van der Waals surface area contributed by atoms with Gasteiger partial charge in [-0.05, 0) is 31.0 Å². The van der Waals surface area contributed by atoms with E-state index >= 15 is 0 Å². The number of carboxylic acid groups (broad SMARTS) is 2. The van der Waals surface area contributed by atoms with Crippen LogP contribution in [0.3, 0.4) is 0 Å². The third-order valence-corrected chi connectivity index (χ3v) is 5.46. The summed E-state index contributed by atoms with van der Waals surface area (Å²) in [4.78, 5) is 63.3. The monoisotopic (exact) mass is 504 g/mol. The molecule has 3 amide bonds. The number of nitrogens with one attached hydrogen (secondary N) is 4. The molecule has 196 valence electrons. The number of hydrogen-bond donors (Lipinski definition) is 8. The molecule has 0 aliphatic carbocycles. The van der Waals surface area contributed by atoms with Crippen LogP contribution in [0.4, 0.5) is 0 Å². The molecular weight excluding hydrogens is 472 g/mol. The van der Waals surface area contributed by atoms with E-state index in [1.165, 1.54) is 0 Å². The Labute approximate surface area is 207 Å². The molecule has 13 nitrogen and oxygen atoms in total. The van der Waals surface area contributed by atoms with E-state index < -0.39 is 60.8 Å². The van der Waals surface area contributed by atoms with Crippen LogP contribution in [-0.4, -0.2) is 76.1 Å². The summed E-state index contributed by atoms with van der Waals surface area (Å²) in [6.45, 7) is -0.299. The van der Waals surface area contributed by atoms with Crippen molar-refractivity contribution in [1.29, 1.82) is 0 Å². The first kappa shape index (κ1) is 28.3. The predicted molar refractivity (Wildman–Crippen MR) is 130 cm³/mol. The summed E-state index contributed by atoms with van der Waals surface area (Å²) in [6, 6.07) is 3.68. The molecule has 1 aromatic carbocycles. The first-order valence-electron chi connectivity index (χ1n) is 11.4. The number of hydrogen-bond acceptors (Lipinski definition) is 7. The minimum absolute atomic E-state index is 0.0215. The van der Waals surface area contributed by atoms with Crippen molar-refractivity contribution in [2.75, 3.05) is 13.1 Å². The van der Waals surface area contributed by atoms with Crippen molar-refractivity contribution in [3.8, 4) is 0 Å². The van der Waals surface area contributed by atoms with Gasteiger partial charge in [-0.3, -0.25) is 24.0 Å². The summed E-state index contributed by atoms with van der Waals surface area (Å²) in [6.07, 6.45) is 2.57. The highest BCUT2D eigenvalue weighted by atomic mass is 16.4. The third kappa shape index (κ3) is 8.67. The molecule has 0 aliphatic rings. The highest BCUT2D eigenvalue weighted by Gasteiger charge is 2.30. The zero-order valence-corrected chi connectivity index (χ0v) is 19.7. The number of aromatic nitrogens is 1. The second kappa shape index (κ2) is 13.8. The van der Waals surface area contributed by atoms with E-state index in [4.69, 9.17) is 21.7 Å². The standard InChI is InChI=1S/C23H32N6O7/c24-8-4-3-6-15(25)21(34)28-17(9-13-11-26-16-7-2-1-5-14(13)16)23(36)29-18(10-19(30)31)22(35)27-12-20(32)33/h1-2,5,7,11,15,17-18,26H,3-4,6,8-10,12,24-25H2,(H,27,35)(H,28,34)(H,29,36)(H,30,31)(H,32,33). The van der Waals surface area contributed by atoms with Crippen molar-refractivity contribution >= 4 is 40.6 Å². The van der Waals surface area contributed by atoms with Crippen LogP contribution in [-0.2, 0) is 30.4 Å². The van der Waals surface area contributed by atoms with Crippen molar-refractivity contribution in [2.24, 2.45) is 11.5 Å². The van der Waals surface area contributed by atoms with Gasteiger partial charge in [0, 0.05) is 23.5 Å². The average Bonchev–Trinajstić information content (AvgIpc) is 3.24. The summed E-state index contributed by atoms with van der Waals surface area (Å²) >= 11 is 0. The topological polar surface area (TPSA) is 230 Å². The summed E-state index contributed by atoms with van der Waals surface area (Å²) < 4.78 is 0. The number of carbonyl (C=O) groups is 5. The van der Waals surface area contributed by atoms with E-state index in [1.54, 1.807) is 6.20 Å². The molecule has 0 fully saturated rings. The second-order valence-electron chi connectivity index (χ2n) is 8.29. The molecule has 0 saturated heterocycles. The first-order valence-corrected chi connectivity index (χ1v) is 11.4. The maximum atomic E-state index is 13.2. The molecule has 2 aromatic rings. The van der Waals surface area contributed by atoms with E-state index in [9.17, 15) is 24.0 Å². The number of carboxylic acids is 2. The molecule has 36 heavy (non-hydrogen) atoms. The van der Waals surface area contributed by atoms with Gasteiger partial charge in [-0.1, -0.05) is 24.6 Å². The largest absolute Gasteiger partial charge is 0.481 e. The van der Waals surface area contributed by atoms with Gasteiger partial charge in [0.05, 0.1) is 12.5 Å². The van der Waals surface area contributed by atoms with Crippen LogP contribution in [0.1, 0.15) is 31.2 Å². The first-order chi connectivity index (χ1) is 17.1. The number of aromatic amines is 1. The fourth-order valence-electron chi connectivity index (χ4n) is 3.59. The van der Waals surface area contributed by atoms with E-state index in [-0.39, 0.29) is 6.42 Å². The lowest BCUT2D eigenvalue weighted by Crippen LogP contribution is -2.57. The Hall–Kier alpha value is -3.97. The van der Waals surface area contributed by atoms with Gasteiger partial charge in [-0.15, -0.1) is 0 Å². The molecule has 3 unspecified atom stereocenters. The molecule has 0 saturated carbocycles. The van der Waals surface area contributed by atoms with Crippen LogP contribution < -0.4 is 27.4 Å². The minimum atomic E-state index is -1.56. The van der Waals surface area contributed by atoms with Crippen LogP contribution in [0.15, 0.2) is 30.5 Å². The number of benzene rings is 1. The van der Waals surface area contributed by atoms with E-state index in [0.717, 1.165) is 10.9 Å². The molecule has 3 atom stereocenters. The number of H-pyrrole nitrogens is 1. The smallest absolute Gasteiger partial charge is 0.322 e. The molecule has 0 spiro atoms. The quantitative estimate of drug-likeness (QED) is 0.136. The SMILES string of the molecule is NCCCCC(N)C(=O)NC(Cc1c[nH]c2ccccc12)C(=O)NC(CC(=O)O)C(=O)NCC(=O)O. The minimum Gasteiger partial charge on any atom is -0.481 e. The van der Waals surface area contributed by atoms with Gasteiger partial charge >= 0.3 is 11.9 Å². The number of unbranched alkanes of at least 4 members (excludes halogenated alkanes) is 1.